The van der Waals surface area contributed by atoms with Gasteiger partial charge in [-0.25, -0.2) is 0 Å². The molecule has 2 heterocycles. The van der Waals surface area contributed by atoms with E-state index in [1.165, 1.54) is 17.3 Å². The second-order valence-electron chi connectivity index (χ2n) is 7.40. The Labute approximate surface area is 180 Å². The number of nitrogens with zero attached hydrogens (tertiary/aromatic N) is 2. The number of fused-ring (bicyclic) bond motifs is 1. The van der Waals surface area contributed by atoms with Crippen LogP contribution in [0.3, 0.4) is 0 Å². The van der Waals surface area contributed by atoms with Crippen LogP contribution in [0.1, 0.15) is 37.0 Å². The number of anilines is 1. The molecule has 2 aliphatic rings. The number of amides is 2. The number of rotatable bonds is 4. The van der Waals surface area contributed by atoms with Crippen LogP contribution in [-0.2, 0) is 16.1 Å². The van der Waals surface area contributed by atoms with Crippen molar-refractivity contribution in [3.63, 3.8) is 0 Å². The Kier molecular flexibility index (Phi) is 5.32. The van der Waals surface area contributed by atoms with Gasteiger partial charge in [-0.15, -0.1) is 0 Å². The van der Waals surface area contributed by atoms with E-state index in [4.69, 9.17) is 12.2 Å². The van der Waals surface area contributed by atoms with Gasteiger partial charge in [-0.3, -0.25) is 14.5 Å². The van der Waals surface area contributed by atoms with Crippen molar-refractivity contribution < 1.29 is 9.59 Å². The van der Waals surface area contributed by atoms with Crippen molar-refractivity contribution in [3.8, 4) is 0 Å². The Balaban J connectivity index is 1.77. The third kappa shape index (κ3) is 3.40. The fraction of sp³-hybridized carbons (Fsp3) is 0.261. The van der Waals surface area contributed by atoms with E-state index in [9.17, 15) is 9.59 Å². The van der Waals surface area contributed by atoms with Crippen molar-refractivity contribution in [1.29, 1.82) is 0 Å². The van der Waals surface area contributed by atoms with Crippen LogP contribution in [0.25, 0.3) is 5.57 Å². The molecule has 148 valence electrons. The maximum atomic E-state index is 13.5. The first kappa shape index (κ1) is 19.9. The van der Waals surface area contributed by atoms with E-state index in [-0.39, 0.29) is 17.9 Å². The second-order valence-corrected chi connectivity index (χ2v) is 9.04. The fourth-order valence-electron chi connectivity index (χ4n) is 3.63. The molecule has 4 rings (SSSR count). The Bertz CT molecular complexity index is 1040. The molecule has 2 aromatic rings. The number of carbonyl (C=O) groups excluding carboxylic acids is 2. The molecule has 1 unspecified atom stereocenters. The van der Waals surface area contributed by atoms with Gasteiger partial charge in [-0.05, 0) is 31.9 Å². The molecule has 0 bridgehead atoms. The highest BCUT2D eigenvalue weighted by molar-refractivity contribution is 8.26. The highest BCUT2D eigenvalue weighted by atomic mass is 32.2. The van der Waals surface area contributed by atoms with Gasteiger partial charge in [0.05, 0.1) is 22.7 Å². The van der Waals surface area contributed by atoms with Crippen LogP contribution >= 0.6 is 24.0 Å². The lowest BCUT2D eigenvalue weighted by Crippen LogP contribution is -2.36. The topological polar surface area (TPSA) is 40.6 Å². The van der Waals surface area contributed by atoms with Crippen molar-refractivity contribution >= 4 is 51.4 Å². The van der Waals surface area contributed by atoms with Crippen molar-refractivity contribution in [2.45, 2.75) is 39.8 Å². The minimum atomic E-state index is -0.162. The van der Waals surface area contributed by atoms with E-state index < -0.39 is 0 Å². The first-order chi connectivity index (χ1) is 13.9. The molecular weight excluding hydrogens is 400 g/mol. The summed E-state index contributed by atoms with van der Waals surface area (Å²) < 4.78 is 0.522. The highest BCUT2D eigenvalue weighted by Crippen LogP contribution is 2.45. The quantitative estimate of drug-likeness (QED) is 0.518. The lowest BCUT2D eigenvalue weighted by atomic mass is 10.1. The zero-order valence-corrected chi connectivity index (χ0v) is 18.3. The van der Waals surface area contributed by atoms with Crippen LogP contribution < -0.4 is 4.90 Å². The molecule has 1 fully saturated rings. The van der Waals surface area contributed by atoms with Crippen LogP contribution in [0, 0.1) is 6.92 Å². The van der Waals surface area contributed by atoms with Crippen molar-refractivity contribution in [3.05, 3.63) is 70.1 Å². The number of benzene rings is 2. The third-order valence-corrected chi connectivity index (χ3v) is 6.84. The molecule has 1 atom stereocenters. The molecule has 0 N–H and O–H groups in total. The summed E-state index contributed by atoms with van der Waals surface area (Å²) in [5, 5.41) is 0. The number of thioether (sulfide) groups is 1. The molecule has 0 radical (unpaired) electrons. The summed E-state index contributed by atoms with van der Waals surface area (Å²) in [7, 11) is 0. The number of thiocarbonyl (C=S) groups is 1. The van der Waals surface area contributed by atoms with Crippen molar-refractivity contribution in [2.24, 2.45) is 0 Å². The maximum Gasteiger partial charge on any atom is 0.267 e. The molecule has 6 heteroatoms. The van der Waals surface area contributed by atoms with E-state index in [0.717, 1.165) is 23.2 Å². The number of hydrogen-bond donors (Lipinski definition) is 0. The lowest BCUT2D eigenvalue weighted by Gasteiger charge is -2.21. The van der Waals surface area contributed by atoms with Crippen LogP contribution in [0.5, 0.6) is 0 Å². The number of carbonyl (C=O) groups is 2. The minimum absolute atomic E-state index is 0.0102. The van der Waals surface area contributed by atoms with E-state index in [1.54, 1.807) is 9.80 Å². The van der Waals surface area contributed by atoms with Crippen LogP contribution in [0.2, 0.25) is 0 Å². The van der Waals surface area contributed by atoms with Gasteiger partial charge in [-0.2, -0.15) is 0 Å². The predicted molar refractivity (Wildman–Crippen MR) is 123 cm³/mol. The summed E-state index contributed by atoms with van der Waals surface area (Å²) >= 11 is 6.71. The smallest absolute Gasteiger partial charge is 0.267 e. The summed E-state index contributed by atoms with van der Waals surface area (Å²) in [4.78, 5) is 30.4. The standard InChI is InChI=1S/C23H22N2O2S2/c1-4-15(3)25-22(27)20(29-23(25)28)19-17-7-5-6-8-18(17)24(21(19)26)13-16-11-9-14(2)10-12-16/h5-12,15H,4,13H2,1-3H3/b20-19-. The Hall–Kier alpha value is -2.44. The molecule has 0 saturated carbocycles. The Morgan fingerprint density at radius 2 is 1.72 bits per heavy atom. The molecule has 0 spiro atoms. The average Bonchev–Trinajstić information content (AvgIpc) is 3.16. The summed E-state index contributed by atoms with van der Waals surface area (Å²) in [6, 6.07) is 15.8. The van der Waals surface area contributed by atoms with Crippen molar-refractivity contribution in [1.82, 2.24) is 4.90 Å². The van der Waals surface area contributed by atoms with Gasteiger partial charge in [0.15, 0.2) is 0 Å². The molecule has 2 amide bonds. The molecule has 2 aliphatic heterocycles. The normalized spacial score (nSPS) is 19.9. The first-order valence-electron chi connectivity index (χ1n) is 9.68. The van der Waals surface area contributed by atoms with Gasteiger partial charge in [0.1, 0.15) is 4.32 Å². The van der Waals surface area contributed by atoms with Crippen LogP contribution in [0.4, 0.5) is 5.69 Å². The number of hydrogen-bond acceptors (Lipinski definition) is 4. The monoisotopic (exact) mass is 422 g/mol. The number of aryl methyl sites for hydroxylation is 1. The van der Waals surface area contributed by atoms with Crippen molar-refractivity contribution in [2.75, 3.05) is 4.90 Å². The molecule has 2 aromatic carbocycles. The molecular formula is C23H22N2O2S2. The van der Waals surface area contributed by atoms with Gasteiger partial charge >= 0.3 is 0 Å². The predicted octanol–water partition coefficient (Wildman–Crippen LogP) is 4.91. The molecule has 0 aromatic heterocycles. The third-order valence-electron chi connectivity index (χ3n) is 5.44. The largest absolute Gasteiger partial charge is 0.303 e. The lowest BCUT2D eigenvalue weighted by molar-refractivity contribution is -0.123. The SMILES string of the molecule is CCC(C)N1C(=O)/C(=C2/C(=O)N(Cc3ccc(C)cc3)c3ccccc32)SC1=S. The van der Waals surface area contributed by atoms with Gasteiger partial charge in [0, 0.05) is 11.6 Å². The van der Waals surface area contributed by atoms with E-state index in [0.29, 0.717) is 21.3 Å². The van der Waals surface area contributed by atoms with Gasteiger partial charge in [-0.1, -0.05) is 78.9 Å². The Morgan fingerprint density at radius 1 is 1.03 bits per heavy atom. The first-order valence-corrected chi connectivity index (χ1v) is 10.9. The van der Waals surface area contributed by atoms with Gasteiger partial charge in [0.2, 0.25) is 0 Å². The molecule has 29 heavy (non-hydrogen) atoms. The number of para-hydroxylation sites is 1. The van der Waals surface area contributed by atoms with E-state index >= 15 is 0 Å². The van der Waals surface area contributed by atoms with Crippen LogP contribution in [0.15, 0.2) is 53.4 Å². The average molecular weight is 423 g/mol. The van der Waals surface area contributed by atoms with E-state index in [2.05, 4.69) is 0 Å². The maximum absolute atomic E-state index is 13.5. The summed E-state index contributed by atoms with van der Waals surface area (Å²) in [5.74, 6) is -0.305. The fourth-order valence-corrected chi connectivity index (χ4v) is 5.16. The summed E-state index contributed by atoms with van der Waals surface area (Å²) in [6.45, 7) is 6.50. The highest BCUT2D eigenvalue weighted by Gasteiger charge is 2.42. The van der Waals surface area contributed by atoms with Gasteiger partial charge in [0.25, 0.3) is 11.8 Å². The minimum Gasteiger partial charge on any atom is -0.303 e. The molecule has 4 nitrogen and oxygen atoms in total. The van der Waals surface area contributed by atoms with E-state index in [1.807, 2.05) is 69.3 Å². The zero-order valence-electron chi connectivity index (χ0n) is 16.6. The van der Waals surface area contributed by atoms with Gasteiger partial charge < -0.3 is 4.90 Å². The second kappa shape index (κ2) is 7.76. The Morgan fingerprint density at radius 3 is 2.41 bits per heavy atom. The summed E-state index contributed by atoms with van der Waals surface area (Å²) in [5.41, 5.74) is 4.33. The molecule has 1 saturated heterocycles. The zero-order chi connectivity index (χ0) is 20.7. The van der Waals surface area contributed by atoms with Crippen LogP contribution in [-0.4, -0.2) is 27.1 Å². The molecule has 0 aliphatic carbocycles. The summed E-state index contributed by atoms with van der Waals surface area (Å²) in [6.07, 6.45) is 0.805.